The molecule has 0 unspecified atom stereocenters. The summed E-state index contributed by atoms with van der Waals surface area (Å²) < 4.78 is 3.36. The average molecular weight is 478 g/mol. The number of carbonyl (C=O) groups is 2. The number of aromatic carboxylic acids is 2. The third-order valence-corrected chi connectivity index (χ3v) is 3.64. The van der Waals surface area contributed by atoms with Crippen LogP contribution in [0.2, 0.25) is 0 Å². The van der Waals surface area contributed by atoms with Crippen LogP contribution in [0.4, 0.5) is 0 Å². The minimum atomic E-state index is -1.18. The first-order valence-corrected chi connectivity index (χ1v) is 7.87. The van der Waals surface area contributed by atoms with Crippen LogP contribution in [-0.4, -0.2) is 41.5 Å². The Morgan fingerprint density at radius 2 is 0.839 bits per heavy atom. The normalized spacial score (nSPS) is 9.03. The van der Waals surface area contributed by atoms with E-state index < -0.39 is 11.9 Å². The Balaban J connectivity index is 0.000000529. The standard InChI is InChI=1S/2C9H7N3O2.Cu.2H2O/c2*13-9(14)7-1-3-8(4-2-7)12-5-10-11-6-12;;;/h2*1-6H,(H,13,14);;2*1H2/q;;+2;;. The van der Waals surface area contributed by atoms with Gasteiger partial charge < -0.3 is 30.8 Å². The Hall–Kier alpha value is -3.90. The molecule has 13 heteroatoms. The van der Waals surface area contributed by atoms with E-state index >= 15 is 0 Å². The predicted octanol–water partition coefficient (Wildman–Crippen LogP) is -2.58. The summed E-state index contributed by atoms with van der Waals surface area (Å²) in [6.45, 7) is 0. The minimum Gasteiger partial charge on any atom is -0.545 e. The second-order valence-corrected chi connectivity index (χ2v) is 5.41. The van der Waals surface area contributed by atoms with Crippen LogP contribution in [0.15, 0.2) is 73.8 Å². The fourth-order valence-corrected chi connectivity index (χ4v) is 2.21. The van der Waals surface area contributed by atoms with Crippen LogP contribution in [0.1, 0.15) is 20.7 Å². The third kappa shape index (κ3) is 7.13. The van der Waals surface area contributed by atoms with Crippen molar-refractivity contribution in [2.75, 3.05) is 0 Å². The number of hydrogen-bond donors (Lipinski definition) is 0. The number of hydrogen-bond acceptors (Lipinski definition) is 8. The van der Waals surface area contributed by atoms with Crippen molar-refractivity contribution in [1.82, 2.24) is 29.5 Å². The van der Waals surface area contributed by atoms with E-state index in [0.717, 1.165) is 11.4 Å². The quantitative estimate of drug-likeness (QED) is 0.224. The van der Waals surface area contributed by atoms with Crippen molar-refractivity contribution in [3.8, 4) is 11.4 Å². The summed E-state index contributed by atoms with van der Waals surface area (Å²) in [6.07, 6.45) is 6.14. The Kier molecular flexibility index (Phi) is 11.0. The molecule has 0 aliphatic rings. The van der Waals surface area contributed by atoms with Gasteiger partial charge in [0.25, 0.3) is 0 Å². The molecule has 0 fully saturated rings. The van der Waals surface area contributed by atoms with E-state index in [1.54, 1.807) is 33.4 Å². The summed E-state index contributed by atoms with van der Waals surface area (Å²) in [5.74, 6) is -2.36. The molecule has 0 saturated carbocycles. The van der Waals surface area contributed by atoms with Gasteiger partial charge in [0.2, 0.25) is 0 Å². The van der Waals surface area contributed by atoms with Gasteiger partial charge in [0.05, 0.1) is 11.9 Å². The monoisotopic (exact) mass is 477 g/mol. The van der Waals surface area contributed by atoms with E-state index in [2.05, 4.69) is 20.4 Å². The van der Waals surface area contributed by atoms with Gasteiger partial charge in [-0.25, -0.2) is 0 Å². The molecule has 165 valence electrons. The van der Waals surface area contributed by atoms with Crippen molar-refractivity contribution in [3.63, 3.8) is 0 Å². The zero-order valence-electron chi connectivity index (χ0n) is 15.7. The smallest absolute Gasteiger partial charge is 0.545 e. The molecule has 12 nitrogen and oxygen atoms in total. The maximum absolute atomic E-state index is 10.5. The van der Waals surface area contributed by atoms with Gasteiger partial charge in [-0.15, -0.1) is 20.4 Å². The van der Waals surface area contributed by atoms with Crippen LogP contribution in [0, 0.1) is 0 Å². The molecule has 1 radical (unpaired) electrons. The molecule has 2 heterocycles. The van der Waals surface area contributed by atoms with Gasteiger partial charge in [0.15, 0.2) is 0 Å². The predicted molar refractivity (Wildman–Crippen MR) is 101 cm³/mol. The number of nitrogens with zero attached hydrogens (tertiary/aromatic N) is 6. The van der Waals surface area contributed by atoms with Gasteiger partial charge in [-0.05, 0) is 35.4 Å². The number of rotatable bonds is 4. The van der Waals surface area contributed by atoms with Crippen molar-refractivity contribution in [1.29, 1.82) is 0 Å². The van der Waals surface area contributed by atoms with E-state index in [-0.39, 0.29) is 39.1 Å². The van der Waals surface area contributed by atoms with Crippen molar-refractivity contribution in [2.45, 2.75) is 0 Å². The first-order chi connectivity index (χ1) is 13.5. The molecule has 2 aromatic carbocycles. The van der Waals surface area contributed by atoms with Gasteiger partial charge in [0.1, 0.15) is 25.3 Å². The molecule has 4 aromatic rings. The molecule has 31 heavy (non-hydrogen) atoms. The maximum Gasteiger partial charge on any atom is 2.00 e. The number of benzene rings is 2. The molecule has 0 bridgehead atoms. The van der Waals surface area contributed by atoms with Gasteiger partial charge in [-0.1, -0.05) is 24.3 Å². The SMILES string of the molecule is O=C([O-])c1ccc(-n2cnnc2)cc1.O=C([O-])c1ccc(-n2cnnc2)cc1.[Cu+2].[OH3+].[OH3+]. The van der Waals surface area contributed by atoms with Gasteiger partial charge in [0, 0.05) is 11.4 Å². The molecule has 0 amide bonds. The Bertz CT molecular complexity index is 966. The second-order valence-electron chi connectivity index (χ2n) is 5.41. The third-order valence-electron chi connectivity index (χ3n) is 3.64. The minimum absolute atomic E-state index is 0. The molecular formula is C18H18CuN6O6+2. The molecular weight excluding hydrogens is 460 g/mol. The second kappa shape index (κ2) is 12.6. The topological polar surface area (TPSA) is 208 Å². The average Bonchev–Trinajstić information content (AvgIpc) is 3.43. The zero-order valence-corrected chi connectivity index (χ0v) is 16.6. The number of carbonyl (C=O) groups excluding carboxylic acids is 2. The van der Waals surface area contributed by atoms with Crippen LogP contribution in [0.25, 0.3) is 11.4 Å². The van der Waals surface area contributed by atoms with E-state index in [0.29, 0.717) is 0 Å². The zero-order chi connectivity index (χ0) is 19.9. The van der Waals surface area contributed by atoms with Crippen molar-refractivity contribution in [3.05, 3.63) is 85.0 Å². The fraction of sp³-hybridized carbons (Fsp3) is 0. The summed E-state index contributed by atoms with van der Waals surface area (Å²) >= 11 is 0. The van der Waals surface area contributed by atoms with Crippen LogP contribution < -0.4 is 10.2 Å². The van der Waals surface area contributed by atoms with Crippen molar-refractivity contribution < 1.29 is 47.8 Å². The first-order valence-electron chi connectivity index (χ1n) is 7.87. The molecule has 0 atom stereocenters. The van der Waals surface area contributed by atoms with Crippen molar-refractivity contribution in [2.24, 2.45) is 0 Å². The van der Waals surface area contributed by atoms with Crippen LogP contribution in [0.5, 0.6) is 0 Å². The maximum atomic E-state index is 10.5. The fourth-order valence-electron chi connectivity index (χ4n) is 2.21. The van der Waals surface area contributed by atoms with E-state index in [4.69, 9.17) is 0 Å². The molecule has 0 spiro atoms. The number of aromatic nitrogens is 6. The molecule has 0 aliphatic carbocycles. The Morgan fingerprint density at radius 3 is 1.06 bits per heavy atom. The molecule has 4 rings (SSSR count). The van der Waals surface area contributed by atoms with E-state index in [9.17, 15) is 19.8 Å². The Morgan fingerprint density at radius 1 is 0.581 bits per heavy atom. The largest absolute Gasteiger partial charge is 2.00 e. The number of carboxylic acid groups (broad SMARTS) is 2. The summed E-state index contributed by atoms with van der Waals surface area (Å²) in [6, 6.07) is 12.6. The van der Waals surface area contributed by atoms with Gasteiger partial charge >= 0.3 is 17.1 Å². The molecule has 0 saturated heterocycles. The molecule has 2 aromatic heterocycles. The van der Waals surface area contributed by atoms with Crippen LogP contribution in [-0.2, 0) is 28.0 Å². The van der Waals surface area contributed by atoms with Crippen LogP contribution >= 0.6 is 0 Å². The molecule has 0 aliphatic heterocycles. The summed E-state index contributed by atoms with van der Waals surface area (Å²) in [4.78, 5) is 20.9. The molecule has 6 N–H and O–H groups in total. The number of carboxylic acids is 2. The van der Waals surface area contributed by atoms with E-state index in [1.807, 2.05) is 0 Å². The van der Waals surface area contributed by atoms with Gasteiger partial charge in [-0.2, -0.15) is 0 Å². The Labute approximate surface area is 185 Å². The summed E-state index contributed by atoms with van der Waals surface area (Å²) in [5.41, 5.74) is 1.92. The van der Waals surface area contributed by atoms with Crippen LogP contribution in [0.3, 0.4) is 0 Å². The van der Waals surface area contributed by atoms with Gasteiger partial charge in [-0.3, -0.25) is 9.13 Å². The van der Waals surface area contributed by atoms with Crippen molar-refractivity contribution >= 4 is 11.9 Å². The summed E-state index contributed by atoms with van der Waals surface area (Å²) in [5, 5.41) is 35.5. The first kappa shape index (κ1) is 27.1. The van der Waals surface area contributed by atoms with E-state index in [1.165, 1.54) is 49.6 Å². The summed E-state index contributed by atoms with van der Waals surface area (Å²) in [7, 11) is 0.